The smallest absolute Gasteiger partial charge is 0.343 e. The van der Waals surface area contributed by atoms with Gasteiger partial charge in [-0.15, -0.1) is 0 Å². The van der Waals surface area contributed by atoms with E-state index in [2.05, 4.69) is 15.1 Å². The maximum Gasteiger partial charge on any atom is 0.343 e. The molecule has 9 nitrogen and oxygen atoms in total. The molecular weight excluding hydrogens is 338 g/mol. The van der Waals surface area contributed by atoms with Gasteiger partial charge in [0.2, 0.25) is 0 Å². The van der Waals surface area contributed by atoms with Crippen molar-refractivity contribution in [2.45, 2.75) is 6.42 Å². The number of benzene rings is 1. The van der Waals surface area contributed by atoms with Crippen LogP contribution >= 0.6 is 0 Å². The number of aromatic nitrogens is 3. The van der Waals surface area contributed by atoms with Gasteiger partial charge in [0.15, 0.2) is 11.4 Å². The fraction of sp³-hybridized carbons (Fsp3) is 0.118. The minimum absolute atomic E-state index is 0.181. The number of ether oxygens (including phenoxy) is 1. The van der Waals surface area contributed by atoms with E-state index in [0.717, 1.165) is 0 Å². The Labute approximate surface area is 147 Å². The van der Waals surface area contributed by atoms with Crippen molar-refractivity contribution in [1.82, 2.24) is 14.6 Å². The highest BCUT2D eigenvalue weighted by Crippen LogP contribution is 2.21. The number of pyridine rings is 1. The summed E-state index contributed by atoms with van der Waals surface area (Å²) in [6, 6.07) is 9.52. The van der Waals surface area contributed by atoms with Crippen LogP contribution in [0, 0.1) is 0 Å². The number of carbonyl (C=O) groups is 2. The van der Waals surface area contributed by atoms with Crippen LogP contribution in [0.4, 0.5) is 0 Å². The van der Waals surface area contributed by atoms with E-state index in [0.29, 0.717) is 22.7 Å². The van der Waals surface area contributed by atoms with Gasteiger partial charge in [-0.05, 0) is 24.3 Å². The number of nitrogens with two attached hydrogens (primary N) is 1. The summed E-state index contributed by atoms with van der Waals surface area (Å²) < 4.78 is 6.72. The quantitative estimate of drug-likeness (QED) is 0.396. The maximum absolute atomic E-state index is 12.4. The maximum atomic E-state index is 12.4. The third-order valence-electron chi connectivity index (χ3n) is 3.66. The zero-order valence-corrected chi connectivity index (χ0v) is 13.8. The summed E-state index contributed by atoms with van der Waals surface area (Å²) in [6.07, 6.45) is 1.04. The van der Waals surface area contributed by atoms with Crippen molar-refractivity contribution in [3.63, 3.8) is 0 Å². The van der Waals surface area contributed by atoms with E-state index in [-0.39, 0.29) is 17.8 Å². The lowest BCUT2D eigenvalue weighted by atomic mass is 10.1. The average molecular weight is 353 g/mol. The normalized spacial score (nSPS) is 11.5. The molecular formula is C17H15N5O4. The summed E-state index contributed by atoms with van der Waals surface area (Å²) in [5.41, 5.74) is 7.42. The van der Waals surface area contributed by atoms with Crippen LogP contribution < -0.4 is 10.5 Å². The Hall–Kier alpha value is -3.75. The molecule has 0 bridgehead atoms. The average Bonchev–Trinajstić information content (AvgIpc) is 3.13. The molecule has 9 heteroatoms. The van der Waals surface area contributed by atoms with E-state index in [9.17, 15) is 9.59 Å². The highest BCUT2D eigenvalue weighted by Gasteiger charge is 2.15. The molecule has 2 heterocycles. The van der Waals surface area contributed by atoms with Gasteiger partial charge in [0.05, 0.1) is 17.7 Å². The molecule has 0 saturated heterocycles. The molecule has 0 saturated carbocycles. The number of nitrogens with zero attached hydrogens (tertiary/aromatic N) is 4. The van der Waals surface area contributed by atoms with Gasteiger partial charge in [0.25, 0.3) is 0 Å². The minimum atomic E-state index is -0.999. The topological polar surface area (TPSA) is 132 Å². The lowest BCUT2D eigenvalue weighted by molar-refractivity contribution is -0.136. The Morgan fingerprint density at radius 2 is 1.88 bits per heavy atom. The third kappa shape index (κ3) is 3.36. The molecule has 0 unspecified atom stereocenters. The molecule has 3 rings (SSSR count). The summed E-state index contributed by atoms with van der Waals surface area (Å²) in [5.74, 6) is -1.04. The van der Waals surface area contributed by atoms with Gasteiger partial charge in [0.1, 0.15) is 12.2 Å². The molecule has 0 radical (unpaired) electrons. The molecule has 1 aromatic carbocycles. The number of carbonyl (C=O) groups excluding carboxylic acids is 1. The Morgan fingerprint density at radius 1 is 1.19 bits per heavy atom. The SMILES string of the molecule is CN=C(N)c1ccc(C(=O)Oc2ccc(CC(=O)O)n3ncnc23)cc1. The van der Waals surface area contributed by atoms with Gasteiger partial charge in [-0.3, -0.25) is 9.79 Å². The number of aliphatic carboxylic acids is 1. The lowest BCUT2D eigenvalue weighted by Gasteiger charge is -2.08. The third-order valence-corrected chi connectivity index (χ3v) is 3.66. The number of amidine groups is 1. The fourth-order valence-corrected chi connectivity index (χ4v) is 2.37. The number of hydrogen-bond donors (Lipinski definition) is 2. The molecule has 0 atom stereocenters. The molecule has 0 spiro atoms. The van der Waals surface area contributed by atoms with Crippen LogP contribution in [0.5, 0.6) is 5.75 Å². The number of fused-ring (bicyclic) bond motifs is 1. The Morgan fingerprint density at radius 3 is 2.54 bits per heavy atom. The molecule has 26 heavy (non-hydrogen) atoms. The van der Waals surface area contributed by atoms with Crippen LogP contribution in [0.3, 0.4) is 0 Å². The Kier molecular flexibility index (Phi) is 4.61. The fourth-order valence-electron chi connectivity index (χ4n) is 2.37. The van der Waals surface area contributed by atoms with Gasteiger partial charge in [-0.2, -0.15) is 5.10 Å². The zero-order valence-electron chi connectivity index (χ0n) is 13.8. The van der Waals surface area contributed by atoms with Crippen molar-refractivity contribution in [2.24, 2.45) is 10.7 Å². The van der Waals surface area contributed by atoms with Crippen molar-refractivity contribution in [2.75, 3.05) is 7.05 Å². The Bertz CT molecular complexity index is 1010. The van der Waals surface area contributed by atoms with Gasteiger partial charge in [-0.1, -0.05) is 12.1 Å². The molecule has 132 valence electrons. The van der Waals surface area contributed by atoms with Gasteiger partial charge >= 0.3 is 11.9 Å². The summed E-state index contributed by atoms with van der Waals surface area (Å²) in [6.45, 7) is 0. The number of carboxylic acids is 1. The predicted molar refractivity (Wildman–Crippen MR) is 92.4 cm³/mol. The van der Waals surface area contributed by atoms with Crippen molar-refractivity contribution in [3.05, 3.63) is 59.5 Å². The van der Waals surface area contributed by atoms with Crippen molar-refractivity contribution >= 4 is 23.4 Å². The first-order valence-corrected chi connectivity index (χ1v) is 7.58. The van der Waals surface area contributed by atoms with Crippen LogP contribution in [-0.2, 0) is 11.2 Å². The number of carboxylic acid groups (broad SMARTS) is 1. The highest BCUT2D eigenvalue weighted by atomic mass is 16.5. The summed E-state index contributed by atoms with van der Waals surface area (Å²) in [4.78, 5) is 31.2. The van der Waals surface area contributed by atoms with Crippen LogP contribution in [0.15, 0.2) is 47.7 Å². The monoisotopic (exact) mass is 353 g/mol. The van der Waals surface area contributed by atoms with Crippen LogP contribution in [0.25, 0.3) is 5.65 Å². The molecule has 0 aliphatic rings. The number of esters is 1. The second-order valence-electron chi connectivity index (χ2n) is 5.33. The predicted octanol–water partition coefficient (Wildman–Crippen LogP) is 0.911. The van der Waals surface area contributed by atoms with Crippen LogP contribution in [0.2, 0.25) is 0 Å². The zero-order chi connectivity index (χ0) is 18.7. The Balaban J connectivity index is 1.86. The van der Waals surface area contributed by atoms with Gasteiger partial charge in [-0.25, -0.2) is 14.3 Å². The van der Waals surface area contributed by atoms with Gasteiger partial charge < -0.3 is 15.6 Å². The summed E-state index contributed by atoms with van der Waals surface area (Å²) in [7, 11) is 1.58. The first-order valence-electron chi connectivity index (χ1n) is 7.58. The second kappa shape index (κ2) is 7.01. The number of aliphatic imine (C=N–C) groups is 1. The highest BCUT2D eigenvalue weighted by molar-refractivity contribution is 5.99. The van der Waals surface area contributed by atoms with E-state index in [1.807, 2.05) is 0 Å². The lowest BCUT2D eigenvalue weighted by Crippen LogP contribution is -2.14. The van der Waals surface area contributed by atoms with E-state index in [1.165, 1.54) is 23.0 Å². The molecule has 0 aliphatic carbocycles. The van der Waals surface area contributed by atoms with Crippen LogP contribution in [0.1, 0.15) is 21.6 Å². The first kappa shape index (κ1) is 17.1. The van der Waals surface area contributed by atoms with E-state index >= 15 is 0 Å². The standard InChI is InChI=1S/C17H15N5O4/c1-19-15(18)10-2-4-11(5-3-10)17(25)26-13-7-6-12(8-14(23)24)22-16(13)20-9-21-22/h2-7,9H,8H2,1H3,(H2,18,19)(H,23,24). The second-order valence-corrected chi connectivity index (χ2v) is 5.33. The number of hydrogen-bond acceptors (Lipinski definition) is 6. The minimum Gasteiger partial charge on any atom is -0.481 e. The largest absolute Gasteiger partial charge is 0.481 e. The summed E-state index contributed by atoms with van der Waals surface area (Å²) in [5, 5.41) is 12.9. The summed E-state index contributed by atoms with van der Waals surface area (Å²) >= 11 is 0. The van der Waals surface area contributed by atoms with Crippen molar-refractivity contribution in [3.8, 4) is 5.75 Å². The molecule has 0 fully saturated rings. The van der Waals surface area contributed by atoms with E-state index < -0.39 is 11.9 Å². The molecule has 2 aromatic heterocycles. The molecule has 3 N–H and O–H groups in total. The van der Waals surface area contributed by atoms with Crippen molar-refractivity contribution < 1.29 is 19.4 Å². The number of rotatable bonds is 5. The van der Waals surface area contributed by atoms with E-state index in [4.69, 9.17) is 15.6 Å². The molecule has 0 aliphatic heterocycles. The first-order chi connectivity index (χ1) is 12.5. The van der Waals surface area contributed by atoms with Crippen molar-refractivity contribution in [1.29, 1.82) is 0 Å². The molecule has 0 amide bonds. The van der Waals surface area contributed by atoms with Gasteiger partial charge in [0, 0.05) is 12.6 Å². The van der Waals surface area contributed by atoms with Crippen LogP contribution in [-0.4, -0.2) is 44.5 Å². The van der Waals surface area contributed by atoms with E-state index in [1.54, 1.807) is 31.3 Å². The molecule has 3 aromatic rings.